The molecule has 2 heteroatoms. The van der Waals surface area contributed by atoms with Gasteiger partial charge in [-0.25, -0.2) is 0 Å². The van der Waals surface area contributed by atoms with Crippen molar-refractivity contribution in [2.75, 3.05) is 0 Å². The molecule has 0 bridgehead atoms. The Hall–Kier alpha value is -1.83. The quantitative estimate of drug-likeness (QED) is 0.200. The molecule has 0 radical (unpaired) electrons. The number of aryl methyl sites for hydroxylation is 6. The van der Waals surface area contributed by atoms with Crippen molar-refractivity contribution in [3.63, 3.8) is 0 Å². The fourth-order valence-corrected chi connectivity index (χ4v) is 8.90. The Morgan fingerprint density at radius 1 is 0.406 bits per heavy atom. The highest BCUT2D eigenvalue weighted by Crippen LogP contribution is 2.20. The van der Waals surface area contributed by atoms with Crippen LogP contribution in [0, 0.1) is 0 Å². The minimum absolute atomic E-state index is 1.03. The topological polar surface area (TPSA) is 0 Å². The highest BCUT2D eigenvalue weighted by Gasteiger charge is 2.39. The molecule has 0 saturated heterocycles. The Bertz CT molecular complexity index is 865. The number of hydrogen-bond acceptors (Lipinski definition) is 0. The van der Waals surface area contributed by atoms with Gasteiger partial charge < -0.3 is 0 Å². The normalized spacial score (nSPS) is 11.7. The van der Waals surface area contributed by atoms with Crippen LogP contribution in [0.15, 0.2) is 54.6 Å². The predicted octanol–water partition coefficient (Wildman–Crippen LogP) is 6.27. The molecule has 0 amide bonds. The Labute approximate surface area is 201 Å². The molecule has 170 valence electrons. The van der Waals surface area contributed by atoms with E-state index in [1.807, 2.05) is 0 Å². The molecule has 0 atom stereocenters. The van der Waals surface area contributed by atoms with Crippen molar-refractivity contribution in [1.29, 1.82) is 0 Å². The second-order valence-electron chi connectivity index (χ2n) is 8.89. The van der Waals surface area contributed by atoms with Crippen LogP contribution in [0.4, 0.5) is 0 Å². The maximum Gasteiger partial charge on any atom is 0.247 e. The Kier molecular flexibility index (Phi) is 8.41. The van der Waals surface area contributed by atoms with Crippen molar-refractivity contribution in [3.8, 4) is 0 Å². The molecule has 0 aliphatic rings. The third-order valence-corrected chi connectivity index (χ3v) is 12.0. The summed E-state index contributed by atoms with van der Waals surface area (Å²) in [6.07, 6.45) is 6.21. The second-order valence-corrected chi connectivity index (χ2v) is 13.6. The largest absolute Gasteiger partial charge is 0.247 e. The molecule has 0 unspecified atom stereocenters. The summed E-state index contributed by atoms with van der Waals surface area (Å²) in [5.41, 5.74) is 8.34. The third-order valence-electron chi connectivity index (χ3n) is 6.80. The lowest BCUT2D eigenvalue weighted by Gasteiger charge is -2.29. The molecule has 32 heavy (non-hydrogen) atoms. The summed E-state index contributed by atoms with van der Waals surface area (Å²) in [5.74, 6) is 0. The summed E-state index contributed by atoms with van der Waals surface area (Å²) in [4.78, 5) is 0. The zero-order valence-corrected chi connectivity index (χ0v) is 22.6. The van der Waals surface area contributed by atoms with E-state index in [1.165, 1.54) is 48.9 Å². The van der Waals surface area contributed by atoms with Gasteiger partial charge in [0.05, 0.1) is 0 Å². The van der Waals surface area contributed by atoms with Crippen LogP contribution in [0.25, 0.3) is 0 Å². The van der Waals surface area contributed by atoms with Gasteiger partial charge in [0.25, 0.3) is 0 Å². The van der Waals surface area contributed by atoms with E-state index in [4.69, 9.17) is 11.1 Å². The van der Waals surface area contributed by atoms with Crippen LogP contribution in [0.3, 0.4) is 0 Å². The Balaban J connectivity index is 2.40. The first-order valence-electron chi connectivity index (χ1n) is 12.5. The van der Waals surface area contributed by atoms with Gasteiger partial charge in [0.2, 0.25) is 7.38 Å². The number of rotatable bonds is 9. The summed E-state index contributed by atoms with van der Waals surface area (Å²) in [5, 5.41) is 4.00. The minimum Gasteiger partial charge on any atom is -0.149 e. The van der Waals surface area contributed by atoms with Crippen LogP contribution in [0.5, 0.6) is 0 Å². The summed E-state index contributed by atoms with van der Waals surface area (Å²) >= 11 is 8.03. The second kappa shape index (κ2) is 10.9. The molecule has 0 saturated carbocycles. The lowest BCUT2D eigenvalue weighted by molar-refractivity contribution is 1.09. The van der Waals surface area contributed by atoms with Gasteiger partial charge in [0.1, 0.15) is 0 Å². The van der Waals surface area contributed by atoms with E-state index in [2.05, 4.69) is 96.1 Å². The fraction of sp³-hybridized carbons (Fsp3) is 0.400. The number of hydrogen-bond donors (Lipinski definition) is 0. The van der Waals surface area contributed by atoms with Crippen molar-refractivity contribution in [3.05, 3.63) is 88.0 Å². The van der Waals surface area contributed by atoms with Crippen molar-refractivity contribution in [1.82, 2.24) is 0 Å². The summed E-state index contributed by atoms with van der Waals surface area (Å²) in [7, 11) is -2.69. The first-order valence-corrected chi connectivity index (χ1v) is 15.5. The molecule has 0 fully saturated rings. The average molecular weight is 463 g/mol. The van der Waals surface area contributed by atoms with E-state index in [-0.39, 0.29) is 0 Å². The van der Waals surface area contributed by atoms with Gasteiger partial charge in [-0.05, 0) is 87.5 Å². The predicted molar refractivity (Wildman–Crippen MR) is 146 cm³/mol. The van der Waals surface area contributed by atoms with Crippen LogP contribution >= 0.6 is 11.1 Å². The highest BCUT2D eigenvalue weighted by atomic mass is 35.6. The zero-order chi connectivity index (χ0) is 23.3. The average Bonchev–Trinajstić information content (AvgIpc) is 2.86. The monoisotopic (exact) mass is 462 g/mol. The third kappa shape index (κ3) is 5.05. The van der Waals surface area contributed by atoms with Gasteiger partial charge >= 0.3 is 0 Å². The van der Waals surface area contributed by atoms with Crippen LogP contribution in [-0.4, -0.2) is 7.38 Å². The van der Waals surface area contributed by atoms with Gasteiger partial charge in [-0.3, -0.25) is 0 Å². The SMILES string of the molecule is CCc1cc(CC)cc([Si](Cl)(c2cc(CC)cc(CC)c2)c2cc(CC)cc(CC)c2)c1. The van der Waals surface area contributed by atoms with Crippen LogP contribution in [-0.2, 0) is 38.5 Å². The number of benzene rings is 3. The molecule has 0 aromatic heterocycles. The summed E-state index contributed by atoms with van der Waals surface area (Å²) < 4.78 is 0. The first kappa shape index (κ1) is 24.8. The van der Waals surface area contributed by atoms with E-state index >= 15 is 0 Å². The molecular weight excluding hydrogens is 424 g/mol. The van der Waals surface area contributed by atoms with E-state index in [0.29, 0.717) is 0 Å². The minimum atomic E-state index is -2.69. The molecule has 3 aromatic rings. The lowest BCUT2D eigenvalue weighted by Crippen LogP contribution is -2.63. The van der Waals surface area contributed by atoms with Gasteiger partial charge in [0, 0.05) is 0 Å². The molecule has 0 aliphatic carbocycles. The molecule has 0 nitrogen and oxygen atoms in total. The van der Waals surface area contributed by atoms with Gasteiger partial charge in [0.15, 0.2) is 0 Å². The Morgan fingerprint density at radius 3 is 0.750 bits per heavy atom. The van der Waals surface area contributed by atoms with E-state index < -0.39 is 7.38 Å². The smallest absolute Gasteiger partial charge is 0.149 e. The van der Waals surface area contributed by atoms with E-state index in [1.54, 1.807) is 0 Å². The molecular formula is C30H39ClSi. The van der Waals surface area contributed by atoms with Crippen molar-refractivity contribution >= 4 is 34.0 Å². The van der Waals surface area contributed by atoms with Crippen molar-refractivity contribution in [2.24, 2.45) is 0 Å². The molecule has 3 aromatic carbocycles. The Morgan fingerprint density at radius 2 is 0.594 bits per heavy atom. The van der Waals surface area contributed by atoms with Crippen LogP contribution in [0.1, 0.15) is 74.9 Å². The zero-order valence-electron chi connectivity index (χ0n) is 20.8. The van der Waals surface area contributed by atoms with E-state index in [9.17, 15) is 0 Å². The molecule has 3 rings (SSSR count). The first-order chi connectivity index (χ1) is 15.4. The summed E-state index contributed by atoms with van der Waals surface area (Å²) in [6.45, 7) is 13.5. The van der Waals surface area contributed by atoms with Crippen LogP contribution < -0.4 is 15.6 Å². The molecule has 0 spiro atoms. The van der Waals surface area contributed by atoms with Crippen molar-refractivity contribution in [2.45, 2.75) is 80.1 Å². The lowest BCUT2D eigenvalue weighted by atomic mass is 10.1. The highest BCUT2D eigenvalue weighted by molar-refractivity contribution is 7.40. The standard InChI is InChI=1S/C30H39ClSi/c1-7-22-13-23(8-2)17-28(16-22)32(31,29-18-24(9-3)14-25(10-4)19-29)30-20-26(11-5)15-27(12-6)21-30/h13-21H,7-12H2,1-6H3. The van der Waals surface area contributed by atoms with Gasteiger partial charge in [-0.15, -0.1) is 11.1 Å². The van der Waals surface area contributed by atoms with Gasteiger partial charge in [-0.1, -0.05) is 96.1 Å². The summed E-state index contributed by atoms with van der Waals surface area (Å²) in [6, 6.07) is 21.4. The molecule has 0 aliphatic heterocycles. The van der Waals surface area contributed by atoms with Gasteiger partial charge in [-0.2, -0.15) is 0 Å². The number of halogens is 1. The maximum atomic E-state index is 8.03. The van der Waals surface area contributed by atoms with Crippen LogP contribution in [0.2, 0.25) is 0 Å². The van der Waals surface area contributed by atoms with E-state index in [0.717, 1.165) is 38.5 Å². The molecule has 0 N–H and O–H groups in total. The maximum absolute atomic E-state index is 8.03. The van der Waals surface area contributed by atoms with Crippen molar-refractivity contribution < 1.29 is 0 Å². The molecule has 0 heterocycles. The fourth-order valence-electron chi connectivity index (χ4n) is 4.61.